The highest BCUT2D eigenvalue weighted by atomic mass is 16.3. The molecular formula is C43H60N6O6. The Morgan fingerprint density at radius 3 is 2.22 bits per heavy atom. The lowest BCUT2D eigenvalue weighted by Crippen LogP contribution is -2.54. The van der Waals surface area contributed by atoms with E-state index in [0.717, 1.165) is 28.4 Å². The molecule has 0 aromatic heterocycles. The lowest BCUT2D eigenvalue weighted by molar-refractivity contribution is -0.131. The zero-order valence-electron chi connectivity index (χ0n) is 32.9. The van der Waals surface area contributed by atoms with Crippen LogP contribution in [0.25, 0.3) is 10.8 Å². The van der Waals surface area contributed by atoms with Crippen molar-refractivity contribution in [2.45, 2.75) is 110 Å². The van der Waals surface area contributed by atoms with Crippen molar-refractivity contribution in [3.8, 4) is 0 Å². The fourth-order valence-corrected chi connectivity index (χ4v) is 6.90. The van der Waals surface area contributed by atoms with Crippen LogP contribution in [0, 0.1) is 11.8 Å². The molecule has 7 N–H and O–H groups in total. The molecular weight excluding hydrogens is 697 g/mol. The summed E-state index contributed by atoms with van der Waals surface area (Å²) in [7, 11) is 0. The van der Waals surface area contributed by atoms with Crippen molar-refractivity contribution in [1.29, 1.82) is 0 Å². The zero-order valence-corrected chi connectivity index (χ0v) is 32.9. The number of carbonyl (C=O) groups is 4. The highest BCUT2D eigenvalue weighted by molar-refractivity contribution is 5.96. The summed E-state index contributed by atoms with van der Waals surface area (Å²) in [5.41, 5.74) is 8.58. The quantitative estimate of drug-likeness (QED) is 0.0987. The van der Waals surface area contributed by atoms with Crippen LogP contribution in [-0.4, -0.2) is 82.3 Å². The van der Waals surface area contributed by atoms with Gasteiger partial charge in [0.2, 0.25) is 23.6 Å². The number of nitrogens with one attached hydrogen (secondary N) is 3. The topological polar surface area (TPSA) is 177 Å². The van der Waals surface area contributed by atoms with Gasteiger partial charge in [0, 0.05) is 30.1 Å². The van der Waals surface area contributed by atoms with E-state index in [4.69, 9.17) is 5.73 Å². The molecule has 0 aliphatic carbocycles. The van der Waals surface area contributed by atoms with Gasteiger partial charge < -0.3 is 36.8 Å². The van der Waals surface area contributed by atoms with Gasteiger partial charge in [0.15, 0.2) is 0 Å². The van der Waals surface area contributed by atoms with Gasteiger partial charge in [0.25, 0.3) is 0 Å². The van der Waals surface area contributed by atoms with Crippen LogP contribution in [0.3, 0.4) is 0 Å². The number of hydrogen-bond donors (Lipinski definition) is 6. The smallest absolute Gasteiger partial charge is 0.244 e. The van der Waals surface area contributed by atoms with Gasteiger partial charge in [-0.25, -0.2) is 0 Å². The van der Waals surface area contributed by atoms with Gasteiger partial charge >= 0.3 is 0 Å². The Hall–Kier alpha value is -4.78. The fourth-order valence-electron chi connectivity index (χ4n) is 6.90. The van der Waals surface area contributed by atoms with E-state index in [2.05, 4.69) is 16.0 Å². The first kappa shape index (κ1) is 43.0. The number of aliphatic hydroxyl groups is 2. The van der Waals surface area contributed by atoms with E-state index in [1.54, 1.807) is 13.1 Å². The summed E-state index contributed by atoms with van der Waals surface area (Å²) in [5.74, 6) is -1.47. The van der Waals surface area contributed by atoms with Crippen molar-refractivity contribution in [2.24, 2.45) is 17.6 Å². The lowest BCUT2D eigenvalue weighted by atomic mass is 9.95. The van der Waals surface area contributed by atoms with Crippen molar-refractivity contribution in [3.05, 3.63) is 90.3 Å². The maximum atomic E-state index is 14.4. The minimum atomic E-state index is -1.23. The van der Waals surface area contributed by atoms with Crippen LogP contribution < -0.4 is 26.6 Å². The van der Waals surface area contributed by atoms with Crippen molar-refractivity contribution < 1.29 is 29.4 Å². The number of benzene rings is 3. The van der Waals surface area contributed by atoms with Crippen LogP contribution in [0.5, 0.6) is 0 Å². The maximum absolute atomic E-state index is 14.4. The molecule has 0 saturated carbocycles. The van der Waals surface area contributed by atoms with Crippen LogP contribution in [0.1, 0.15) is 78.7 Å². The molecule has 0 unspecified atom stereocenters. The van der Waals surface area contributed by atoms with E-state index in [1.807, 2.05) is 105 Å². The molecule has 4 amide bonds. The summed E-state index contributed by atoms with van der Waals surface area (Å²) in [5, 5.41) is 31.9. The summed E-state index contributed by atoms with van der Waals surface area (Å²) >= 11 is 0. The number of amides is 4. The predicted octanol–water partition coefficient (Wildman–Crippen LogP) is 4.34. The SMILES string of the molecule is CC[C@H](C)[C@@H](CO)NC(=O)C[C@H](O)[C@H](CC(C)C)NC(=O)[C@H](CC1=CN(C(=O)[C@H](C)N)CN1c1cccc2ccccc12)NC(=O)CCCc1ccccc1. The van der Waals surface area contributed by atoms with Gasteiger partial charge in [-0.05, 0) is 55.0 Å². The monoisotopic (exact) mass is 756 g/mol. The van der Waals surface area contributed by atoms with Crippen molar-refractivity contribution >= 4 is 40.1 Å². The molecule has 3 aromatic rings. The second kappa shape index (κ2) is 20.8. The van der Waals surface area contributed by atoms with Crippen LogP contribution in [0.2, 0.25) is 0 Å². The maximum Gasteiger partial charge on any atom is 0.244 e. The summed E-state index contributed by atoms with van der Waals surface area (Å²) in [6, 6.07) is 20.5. The van der Waals surface area contributed by atoms with Gasteiger partial charge in [-0.1, -0.05) is 101 Å². The predicted molar refractivity (Wildman–Crippen MR) is 216 cm³/mol. The molecule has 0 bridgehead atoms. The van der Waals surface area contributed by atoms with Crippen LogP contribution in [-0.2, 0) is 25.6 Å². The lowest BCUT2D eigenvalue weighted by Gasteiger charge is -2.30. The largest absolute Gasteiger partial charge is 0.394 e. The van der Waals surface area contributed by atoms with E-state index in [0.29, 0.717) is 25.0 Å². The molecule has 1 aliphatic heterocycles. The Balaban J connectivity index is 1.62. The zero-order chi connectivity index (χ0) is 40.1. The Morgan fingerprint density at radius 1 is 0.855 bits per heavy atom. The van der Waals surface area contributed by atoms with Gasteiger partial charge in [0.05, 0.1) is 42.9 Å². The Kier molecular flexibility index (Phi) is 16.2. The third-order valence-electron chi connectivity index (χ3n) is 10.2. The van der Waals surface area contributed by atoms with E-state index >= 15 is 0 Å². The molecule has 6 atom stereocenters. The first-order valence-electron chi connectivity index (χ1n) is 19.5. The van der Waals surface area contributed by atoms with Crippen LogP contribution >= 0.6 is 0 Å². The first-order valence-corrected chi connectivity index (χ1v) is 19.5. The average molecular weight is 757 g/mol. The number of aryl methyl sites for hydroxylation is 1. The minimum absolute atomic E-state index is 0.0281. The molecule has 12 heteroatoms. The average Bonchev–Trinajstić information content (AvgIpc) is 3.58. The van der Waals surface area contributed by atoms with E-state index in [-0.39, 0.29) is 56.2 Å². The number of aliphatic hydroxyl groups excluding tert-OH is 2. The Labute approximate surface area is 325 Å². The molecule has 0 radical (unpaired) electrons. The van der Waals surface area contributed by atoms with Gasteiger partial charge in [-0.2, -0.15) is 0 Å². The highest BCUT2D eigenvalue weighted by Gasteiger charge is 2.34. The molecule has 0 spiro atoms. The van der Waals surface area contributed by atoms with Gasteiger partial charge in [0.1, 0.15) is 12.7 Å². The Morgan fingerprint density at radius 2 is 1.55 bits per heavy atom. The van der Waals surface area contributed by atoms with E-state index < -0.39 is 42.1 Å². The van der Waals surface area contributed by atoms with Crippen LogP contribution in [0.4, 0.5) is 5.69 Å². The number of fused-ring (bicyclic) bond motifs is 1. The minimum Gasteiger partial charge on any atom is -0.394 e. The first-order chi connectivity index (χ1) is 26.3. The van der Waals surface area contributed by atoms with Gasteiger partial charge in [-0.3, -0.25) is 24.1 Å². The second-order valence-electron chi connectivity index (χ2n) is 15.2. The standard InChI is InChI=1S/C43H60N6O6/c1-6-29(4)37(26-50)46-41(53)24-39(51)35(22-28(2)3)47-42(54)36(45-40(52)21-12-16-31-14-8-7-9-15-31)23-33-25-48(43(55)30(5)44)27-49(33)38-20-13-18-32-17-10-11-19-34(32)38/h7-11,13-15,17-20,25,28-30,35-37,39,50-51H,6,12,16,21-24,26-27,44H2,1-5H3,(H,45,52)(H,46,53)(H,47,54)/t29-,30-,35-,36-,37+,39-/m0/s1. The molecule has 4 rings (SSSR count). The molecule has 3 aromatic carbocycles. The molecule has 1 aliphatic rings. The van der Waals surface area contributed by atoms with E-state index in [9.17, 15) is 29.4 Å². The third kappa shape index (κ3) is 12.4. The highest BCUT2D eigenvalue weighted by Crippen LogP contribution is 2.34. The Bertz CT molecular complexity index is 1760. The molecule has 298 valence electrons. The summed E-state index contributed by atoms with van der Waals surface area (Å²) in [4.78, 5) is 57.6. The second-order valence-corrected chi connectivity index (χ2v) is 15.2. The fraction of sp³-hybridized carbons (Fsp3) is 0.488. The molecule has 0 fully saturated rings. The normalized spacial score (nSPS) is 16.2. The van der Waals surface area contributed by atoms with Crippen molar-refractivity contribution in [2.75, 3.05) is 18.2 Å². The molecule has 1 heterocycles. The number of anilines is 1. The number of nitrogens with zero attached hydrogens (tertiary/aromatic N) is 2. The third-order valence-corrected chi connectivity index (χ3v) is 10.2. The molecule has 55 heavy (non-hydrogen) atoms. The van der Waals surface area contributed by atoms with Gasteiger partial charge in [-0.15, -0.1) is 0 Å². The number of carbonyl (C=O) groups excluding carboxylic acids is 4. The number of rotatable bonds is 20. The van der Waals surface area contributed by atoms with E-state index in [1.165, 1.54) is 4.90 Å². The van der Waals surface area contributed by atoms with Crippen molar-refractivity contribution in [3.63, 3.8) is 0 Å². The molecule has 0 saturated heterocycles. The van der Waals surface area contributed by atoms with Crippen LogP contribution in [0.15, 0.2) is 84.7 Å². The van der Waals surface area contributed by atoms with Crippen molar-refractivity contribution in [1.82, 2.24) is 20.9 Å². The molecule has 12 nitrogen and oxygen atoms in total. The summed E-state index contributed by atoms with van der Waals surface area (Å²) in [6.45, 7) is 9.38. The summed E-state index contributed by atoms with van der Waals surface area (Å²) < 4.78 is 0. The summed E-state index contributed by atoms with van der Waals surface area (Å²) in [6.07, 6.45) is 2.77. The number of hydrogen-bond acceptors (Lipinski definition) is 8. The number of nitrogens with two attached hydrogens (primary N) is 1.